The van der Waals surface area contributed by atoms with E-state index in [0.717, 1.165) is 12.8 Å². The second-order valence-corrected chi connectivity index (χ2v) is 2.37. The molecule has 0 aromatic carbocycles. The predicted octanol–water partition coefficient (Wildman–Crippen LogP) is 0.747. The van der Waals surface area contributed by atoms with Gasteiger partial charge in [0.2, 0.25) is 0 Å². The van der Waals surface area contributed by atoms with Gasteiger partial charge in [0, 0.05) is 12.0 Å². The molecule has 1 nitrogen and oxygen atoms in total. The van der Waals surface area contributed by atoms with Gasteiger partial charge in [0.05, 0.1) is 0 Å². The third-order valence-electron chi connectivity index (χ3n) is 1.78. The normalized spacial score (nSPS) is 37.0. The van der Waals surface area contributed by atoms with E-state index in [4.69, 9.17) is 12.2 Å². The van der Waals surface area contributed by atoms with Crippen LogP contribution in [0.3, 0.4) is 0 Å². The average Bonchev–Trinajstić information content (AvgIpc) is 2.14. The van der Waals surface area contributed by atoms with E-state index in [1.54, 1.807) is 0 Å². The Morgan fingerprint density at radius 1 is 1.50 bits per heavy atom. The number of rotatable bonds is 0. The summed E-state index contributed by atoms with van der Waals surface area (Å²) in [6.07, 6.45) is 8.67. The molecule has 0 bridgehead atoms. The molecule has 1 rings (SSSR count). The van der Waals surface area contributed by atoms with Crippen molar-refractivity contribution in [3.8, 4) is 12.3 Å². The Morgan fingerprint density at radius 2 is 2.25 bits per heavy atom. The summed E-state index contributed by atoms with van der Waals surface area (Å²) in [5.41, 5.74) is 5.65. The van der Waals surface area contributed by atoms with Crippen molar-refractivity contribution in [2.45, 2.75) is 25.3 Å². The summed E-state index contributed by atoms with van der Waals surface area (Å²) < 4.78 is 0. The molecule has 0 radical (unpaired) electrons. The number of hydrogen-bond acceptors (Lipinski definition) is 1. The van der Waals surface area contributed by atoms with E-state index in [1.165, 1.54) is 6.42 Å². The van der Waals surface area contributed by atoms with Crippen LogP contribution in [0.4, 0.5) is 0 Å². The average molecular weight is 109 g/mol. The van der Waals surface area contributed by atoms with E-state index in [0.29, 0.717) is 12.0 Å². The summed E-state index contributed by atoms with van der Waals surface area (Å²) in [6, 6.07) is 0.292. The zero-order chi connectivity index (χ0) is 5.98. The van der Waals surface area contributed by atoms with Gasteiger partial charge in [-0.15, -0.1) is 12.3 Å². The fraction of sp³-hybridized carbons (Fsp3) is 0.714. The molecule has 0 heterocycles. The minimum Gasteiger partial charge on any atom is -0.327 e. The third kappa shape index (κ3) is 0.850. The van der Waals surface area contributed by atoms with Crippen molar-refractivity contribution in [2.75, 3.05) is 0 Å². The van der Waals surface area contributed by atoms with Crippen LogP contribution in [0.25, 0.3) is 0 Å². The lowest BCUT2D eigenvalue weighted by atomic mass is 10.1. The van der Waals surface area contributed by atoms with Gasteiger partial charge in [0.1, 0.15) is 0 Å². The lowest BCUT2D eigenvalue weighted by Gasteiger charge is -2.04. The molecule has 2 atom stereocenters. The van der Waals surface area contributed by atoms with Gasteiger partial charge in [0.25, 0.3) is 0 Å². The summed E-state index contributed by atoms with van der Waals surface area (Å²) >= 11 is 0. The quantitative estimate of drug-likeness (QED) is 0.456. The van der Waals surface area contributed by atoms with E-state index in [1.807, 2.05) is 0 Å². The van der Waals surface area contributed by atoms with Gasteiger partial charge in [-0.3, -0.25) is 0 Å². The van der Waals surface area contributed by atoms with Crippen molar-refractivity contribution < 1.29 is 0 Å². The van der Waals surface area contributed by atoms with Gasteiger partial charge in [-0.2, -0.15) is 0 Å². The first-order valence-electron chi connectivity index (χ1n) is 3.06. The second-order valence-electron chi connectivity index (χ2n) is 2.37. The molecule has 1 fully saturated rings. The third-order valence-corrected chi connectivity index (χ3v) is 1.78. The Balaban J connectivity index is 2.45. The van der Waals surface area contributed by atoms with Crippen LogP contribution in [0.2, 0.25) is 0 Å². The molecule has 2 N–H and O–H groups in total. The minimum absolute atomic E-state index is 0.292. The highest BCUT2D eigenvalue weighted by Crippen LogP contribution is 2.22. The van der Waals surface area contributed by atoms with Gasteiger partial charge in [0.15, 0.2) is 0 Å². The molecular weight excluding hydrogens is 98.1 g/mol. The Morgan fingerprint density at radius 3 is 2.50 bits per heavy atom. The Labute approximate surface area is 50.3 Å². The fourth-order valence-electron chi connectivity index (χ4n) is 1.20. The molecule has 8 heavy (non-hydrogen) atoms. The molecule has 1 heteroatoms. The molecule has 1 aliphatic rings. The molecule has 1 aliphatic carbocycles. The van der Waals surface area contributed by atoms with Gasteiger partial charge in [-0.1, -0.05) is 6.42 Å². The maximum atomic E-state index is 5.65. The van der Waals surface area contributed by atoms with Gasteiger partial charge < -0.3 is 5.73 Å². The molecule has 0 saturated heterocycles. The molecule has 1 saturated carbocycles. The van der Waals surface area contributed by atoms with Crippen LogP contribution in [-0.4, -0.2) is 6.04 Å². The summed E-state index contributed by atoms with van der Waals surface area (Å²) in [4.78, 5) is 0. The first kappa shape index (κ1) is 5.65. The number of terminal acetylenes is 1. The Kier molecular flexibility index (Phi) is 1.55. The topological polar surface area (TPSA) is 26.0 Å². The van der Waals surface area contributed by atoms with E-state index in [9.17, 15) is 0 Å². The van der Waals surface area contributed by atoms with E-state index in [-0.39, 0.29) is 0 Å². The van der Waals surface area contributed by atoms with Crippen molar-refractivity contribution in [1.29, 1.82) is 0 Å². The van der Waals surface area contributed by atoms with Crippen LogP contribution in [0.15, 0.2) is 0 Å². The SMILES string of the molecule is C#C[C@@H]1CCC[C@@H]1N. The number of nitrogens with two attached hydrogens (primary N) is 1. The van der Waals surface area contributed by atoms with Crippen LogP contribution >= 0.6 is 0 Å². The largest absolute Gasteiger partial charge is 0.327 e. The summed E-state index contributed by atoms with van der Waals surface area (Å²) in [5, 5.41) is 0. The maximum Gasteiger partial charge on any atom is 0.0351 e. The van der Waals surface area contributed by atoms with Crippen LogP contribution in [0.1, 0.15) is 19.3 Å². The first-order valence-corrected chi connectivity index (χ1v) is 3.06. The maximum absolute atomic E-state index is 5.65. The van der Waals surface area contributed by atoms with Crippen molar-refractivity contribution in [2.24, 2.45) is 11.7 Å². The number of hydrogen-bond donors (Lipinski definition) is 1. The van der Waals surface area contributed by atoms with Gasteiger partial charge >= 0.3 is 0 Å². The highest BCUT2D eigenvalue weighted by molar-refractivity contribution is 5.01. The van der Waals surface area contributed by atoms with Gasteiger partial charge in [-0.05, 0) is 12.8 Å². The fourth-order valence-corrected chi connectivity index (χ4v) is 1.20. The standard InChI is InChI=1S/C7H11N/c1-2-6-4-3-5-7(6)8/h1,6-7H,3-5,8H2/t6-,7+/m1/s1. The van der Waals surface area contributed by atoms with Crippen LogP contribution in [-0.2, 0) is 0 Å². The van der Waals surface area contributed by atoms with Gasteiger partial charge in [-0.25, -0.2) is 0 Å². The van der Waals surface area contributed by atoms with Crippen LogP contribution < -0.4 is 5.73 Å². The Bertz CT molecular complexity index is 112. The highest BCUT2D eigenvalue weighted by atomic mass is 14.7. The van der Waals surface area contributed by atoms with Crippen molar-refractivity contribution in [1.82, 2.24) is 0 Å². The second kappa shape index (κ2) is 2.19. The van der Waals surface area contributed by atoms with Crippen molar-refractivity contribution in [3.63, 3.8) is 0 Å². The molecular formula is C7H11N. The predicted molar refractivity (Wildman–Crippen MR) is 34.1 cm³/mol. The van der Waals surface area contributed by atoms with E-state index >= 15 is 0 Å². The monoisotopic (exact) mass is 109 g/mol. The summed E-state index contributed by atoms with van der Waals surface area (Å²) in [7, 11) is 0. The lowest BCUT2D eigenvalue weighted by Crippen LogP contribution is -2.22. The molecule has 0 aromatic rings. The minimum atomic E-state index is 0.292. The van der Waals surface area contributed by atoms with Crippen molar-refractivity contribution >= 4 is 0 Å². The Hall–Kier alpha value is -0.480. The molecule has 0 amide bonds. The van der Waals surface area contributed by atoms with E-state index in [2.05, 4.69) is 5.92 Å². The summed E-state index contributed by atoms with van der Waals surface area (Å²) in [6.45, 7) is 0. The van der Waals surface area contributed by atoms with Crippen LogP contribution in [0, 0.1) is 18.3 Å². The van der Waals surface area contributed by atoms with E-state index < -0.39 is 0 Å². The summed E-state index contributed by atoms with van der Waals surface area (Å²) in [5.74, 6) is 3.06. The molecule has 0 spiro atoms. The first-order chi connectivity index (χ1) is 3.84. The molecule has 0 aliphatic heterocycles. The smallest absolute Gasteiger partial charge is 0.0351 e. The molecule has 44 valence electrons. The zero-order valence-electron chi connectivity index (χ0n) is 4.93. The molecule has 0 aromatic heterocycles. The van der Waals surface area contributed by atoms with Crippen LogP contribution in [0.5, 0.6) is 0 Å². The van der Waals surface area contributed by atoms with Crippen molar-refractivity contribution in [3.05, 3.63) is 0 Å². The zero-order valence-corrected chi connectivity index (χ0v) is 4.93. The molecule has 0 unspecified atom stereocenters. The lowest BCUT2D eigenvalue weighted by molar-refractivity contribution is 0.600. The highest BCUT2D eigenvalue weighted by Gasteiger charge is 2.20.